The first-order chi connectivity index (χ1) is 6.07. The van der Waals surface area contributed by atoms with Gasteiger partial charge in [-0.15, -0.1) is 14.9 Å². The molecular weight excluding hydrogens is 210 g/mol. The molecule has 0 bridgehead atoms. The number of nitrogens with zero attached hydrogens (tertiary/aromatic N) is 3. The van der Waals surface area contributed by atoms with Gasteiger partial charge < -0.3 is 0 Å². The highest BCUT2D eigenvalue weighted by atomic mass is 32.2. The van der Waals surface area contributed by atoms with Gasteiger partial charge in [0.05, 0.1) is 5.75 Å². The smallest absolute Gasteiger partial charge is 0.205 e. The van der Waals surface area contributed by atoms with Crippen LogP contribution in [-0.2, 0) is 10.0 Å². The monoisotopic (exact) mass is 220 g/mol. The van der Waals surface area contributed by atoms with Gasteiger partial charge in [0.2, 0.25) is 5.17 Å². The molecule has 0 fully saturated rings. The zero-order valence-electron chi connectivity index (χ0n) is 7.39. The van der Waals surface area contributed by atoms with Crippen molar-refractivity contribution in [1.29, 1.82) is 0 Å². The van der Waals surface area contributed by atoms with E-state index in [4.69, 9.17) is 0 Å². The van der Waals surface area contributed by atoms with E-state index in [0.717, 1.165) is 11.5 Å². The van der Waals surface area contributed by atoms with Gasteiger partial charge in [-0.25, -0.2) is 8.42 Å². The van der Waals surface area contributed by atoms with Crippen molar-refractivity contribution in [2.45, 2.75) is 20.3 Å². The summed E-state index contributed by atoms with van der Waals surface area (Å²) in [5.74, 6) is -0.00591. The van der Waals surface area contributed by atoms with Gasteiger partial charge >= 0.3 is 0 Å². The molecule has 5 nitrogen and oxygen atoms in total. The Balaban J connectivity index is 2.69. The minimum Gasteiger partial charge on any atom is -0.205 e. The van der Waals surface area contributed by atoms with E-state index in [1.807, 2.05) is 6.92 Å². The molecule has 0 atom stereocenters. The van der Waals surface area contributed by atoms with Crippen LogP contribution in [0.1, 0.15) is 20.3 Å². The minimum absolute atomic E-state index is 0.00591. The maximum atomic E-state index is 11.0. The van der Waals surface area contributed by atoms with E-state index in [-0.39, 0.29) is 10.9 Å². The van der Waals surface area contributed by atoms with Crippen LogP contribution in [-0.4, -0.2) is 24.4 Å². The van der Waals surface area contributed by atoms with Crippen molar-refractivity contribution in [2.75, 3.05) is 5.75 Å². The summed E-state index contributed by atoms with van der Waals surface area (Å²) in [4.78, 5) is 0. The highest BCUT2D eigenvalue weighted by Gasteiger charge is 2.17. The summed E-state index contributed by atoms with van der Waals surface area (Å²) >= 11 is 1.21. The van der Waals surface area contributed by atoms with Crippen LogP contribution in [0.3, 0.4) is 0 Å². The first kappa shape index (κ1) is 10.5. The maximum absolute atomic E-state index is 11.0. The van der Waals surface area contributed by atoms with Gasteiger partial charge in [-0.1, -0.05) is 6.92 Å². The lowest BCUT2D eigenvalue weighted by molar-refractivity contribution is 0.599. The van der Waals surface area contributed by atoms with Crippen molar-refractivity contribution in [1.82, 2.24) is 5.43 Å². The minimum atomic E-state index is -3.33. The molecule has 0 N–H and O–H groups in total. The molecule has 0 aromatic carbocycles. The molecular formula is C6H10N3O2S2. The van der Waals surface area contributed by atoms with Gasteiger partial charge in [0.1, 0.15) is 5.04 Å². The highest BCUT2D eigenvalue weighted by Crippen LogP contribution is 2.16. The second-order valence-electron chi connectivity index (χ2n) is 2.29. The molecule has 1 aliphatic rings. The molecule has 1 radical (unpaired) electrons. The first-order valence-electron chi connectivity index (χ1n) is 3.85. The summed E-state index contributed by atoms with van der Waals surface area (Å²) in [6, 6.07) is 0. The Kier molecular flexibility index (Phi) is 3.32. The van der Waals surface area contributed by atoms with Crippen LogP contribution < -0.4 is 5.43 Å². The molecule has 0 spiro atoms. The van der Waals surface area contributed by atoms with Gasteiger partial charge in [0, 0.05) is 0 Å². The topological polar surface area (TPSA) is 73.0 Å². The fourth-order valence-corrected chi connectivity index (χ4v) is 2.02. The van der Waals surface area contributed by atoms with Gasteiger partial charge in [-0.3, -0.25) is 0 Å². The van der Waals surface area contributed by atoms with Crippen LogP contribution in [0.25, 0.3) is 0 Å². The van der Waals surface area contributed by atoms with E-state index in [9.17, 15) is 8.42 Å². The number of amidine groups is 1. The van der Waals surface area contributed by atoms with Crippen molar-refractivity contribution < 1.29 is 8.42 Å². The first-order valence-corrected chi connectivity index (χ1v) is 6.28. The molecule has 0 saturated carbocycles. The molecule has 0 saturated heterocycles. The Morgan fingerprint density at radius 3 is 2.62 bits per heavy atom. The van der Waals surface area contributed by atoms with Crippen molar-refractivity contribution in [3.05, 3.63) is 0 Å². The fourth-order valence-electron chi connectivity index (χ4n) is 0.608. The van der Waals surface area contributed by atoms with Crippen LogP contribution in [0, 0.1) is 0 Å². The summed E-state index contributed by atoms with van der Waals surface area (Å²) in [5, 5.41) is 4.78. The molecule has 0 aromatic rings. The largest absolute Gasteiger partial charge is 0.255 e. The zero-order valence-corrected chi connectivity index (χ0v) is 9.02. The van der Waals surface area contributed by atoms with E-state index in [1.54, 1.807) is 6.92 Å². The lowest BCUT2D eigenvalue weighted by atomic mass is 10.5. The van der Waals surface area contributed by atoms with Crippen LogP contribution in [0.5, 0.6) is 0 Å². The molecule has 7 heteroatoms. The lowest BCUT2D eigenvalue weighted by Gasteiger charge is -1.93. The lowest BCUT2D eigenvalue weighted by Crippen LogP contribution is -2.06. The Morgan fingerprint density at radius 1 is 1.46 bits per heavy atom. The fraction of sp³-hybridized carbons (Fsp3) is 0.667. The molecule has 0 aliphatic carbocycles. The predicted octanol–water partition coefficient (Wildman–Crippen LogP) is 0.767. The van der Waals surface area contributed by atoms with Gasteiger partial charge in [0.15, 0.2) is 0 Å². The Bertz CT molecular complexity index is 345. The molecule has 1 rings (SSSR count). The van der Waals surface area contributed by atoms with Crippen LogP contribution >= 0.6 is 11.8 Å². The van der Waals surface area contributed by atoms with Crippen molar-refractivity contribution >= 4 is 32.0 Å². The number of hydrogen-bond acceptors (Lipinski definition) is 4. The summed E-state index contributed by atoms with van der Waals surface area (Å²) < 4.78 is 25.6. The van der Waals surface area contributed by atoms with E-state index in [1.165, 1.54) is 11.8 Å². The number of sulfonamides is 1. The number of hydrogen-bond donors (Lipinski definition) is 0. The third kappa shape index (κ3) is 3.00. The van der Waals surface area contributed by atoms with E-state index < -0.39 is 10.0 Å². The SMILES string of the molecule is CCC1=N[N]C(=NS(=O)(=O)CC)S1. The van der Waals surface area contributed by atoms with Crippen LogP contribution in [0.2, 0.25) is 0 Å². The molecule has 1 aliphatic heterocycles. The predicted molar refractivity (Wildman–Crippen MR) is 54.3 cm³/mol. The van der Waals surface area contributed by atoms with Crippen molar-refractivity contribution in [2.24, 2.45) is 9.50 Å². The summed E-state index contributed by atoms with van der Waals surface area (Å²) in [7, 11) is -3.33. The van der Waals surface area contributed by atoms with Crippen LogP contribution in [0.15, 0.2) is 9.50 Å². The third-order valence-corrected chi connectivity index (χ3v) is 3.60. The number of thioether (sulfide) groups is 1. The molecule has 13 heavy (non-hydrogen) atoms. The Labute approximate surface area is 81.8 Å². The molecule has 0 aromatic heterocycles. The molecule has 0 unspecified atom stereocenters. The van der Waals surface area contributed by atoms with E-state index in [0.29, 0.717) is 0 Å². The summed E-state index contributed by atoms with van der Waals surface area (Å²) in [6.45, 7) is 3.47. The van der Waals surface area contributed by atoms with Crippen LogP contribution in [0.4, 0.5) is 0 Å². The molecule has 0 amide bonds. The zero-order chi connectivity index (χ0) is 9.90. The summed E-state index contributed by atoms with van der Waals surface area (Å²) in [5.41, 5.74) is 3.64. The van der Waals surface area contributed by atoms with Gasteiger partial charge in [0.25, 0.3) is 10.0 Å². The second-order valence-corrected chi connectivity index (χ2v) is 5.26. The average molecular weight is 220 g/mol. The average Bonchev–Trinajstić information content (AvgIpc) is 2.52. The molecule has 73 valence electrons. The van der Waals surface area contributed by atoms with E-state index in [2.05, 4.69) is 14.9 Å². The van der Waals surface area contributed by atoms with Gasteiger partial charge in [-0.2, -0.15) is 0 Å². The summed E-state index contributed by atoms with van der Waals surface area (Å²) in [6.07, 6.45) is 0.749. The van der Waals surface area contributed by atoms with Crippen molar-refractivity contribution in [3.8, 4) is 0 Å². The maximum Gasteiger partial charge on any atom is 0.255 e. The highest BCUT2D eigenvalue weighted by molar-refractivity contribution is 8.27. The number of rotatable bonds is 3. The quantitative estimate of drug-likeness (QED) is 0.705. The normalized spacial score (nSPS) is 20.2. The Morgan fingerprint density at radius 2 is 2.15 bits per heavy atom. The van der Waals surface area contributed by atoms with Gasteiger partial charge in [-0.05, 0) is 25.1 Å². The third-order valence-electron chi connectivity index (χ3n) is 1.34. The Hall–Kier alpha value is -0.560. The van der Waals surface area contributed by atoms with Crippen molar-refractivity contribution in [3.63, 3.8) is 0 Å². The second kappa shape index (κ2) is 4.10. The molecule has 1 heterocycles. The standard InChI is InChI=1S/C6H10N3O2S2/c1-3-5-7-8-6(12-5)9-13(10,11)4-2/h3-4H2,1-2H3. The van der Waals surface area contributed by atoms with E-state index >= 15 is 0 Å².